The molecule has 1 aromatic carbocycles. The average molecular weight is 211 g/mol. The van der Waals surface area contributed by atoms with Crippen molar-refractivity contribution >= 4 is 0 Å². The van der Waals surface area contributed by atoms with E-state index >= 15 is 0 Å². The SMILES string of the molecule is COc1ccc(-c2ccc(C#N)cc2)nn1. The summed E-state index contributed by atoms with van der Waals surface area (Å²) in [5, 5.41) is 16.6. The Bertz CT molecular complexity index is 511. The van der Waals surface area contributed by atoms with Crippen molar-refractivity contribution in [1.82, 2.24) is 10.2 Å². The molecule has 2 rings (SSSR count). The summed E-state index contributed by atoms with van der Waals surface area (Å²) in [6.45, 7) is 0. The maximum absolute atomic E-state index is 8.67. The molecule has 0 N–H and O–H groups in total. The quantitative estimate of drug-likeness (QED) is 0.762. The minimum absolute atomic E-state index is 0.484. The minimum Gasteiger partial charge on any atom is -0.480 e. The van der Waals surface area contributed by atoms with Crippen LogP contribution in [0.15, 0.2) is 36.4 Å². The molecular formula is C12H9N3O. The van der Waals surface area contributed by atoms with E-state index in [0.29, 0.717) is 11.4 Å². The van der Waals surface area contributed by atoms with E-state index in [2.05, 4.69) is 16.3 Å². The highest BCUT2D eigenvalue weighted by Gasteiger charge is 2.00. The lowest BCUT2D eigenvalue weighted by Gasteiger charge is -2.01. The van der Waals surface area contributed by atoms with Gasteiger partial charge in [-0.05, 0) is 18.2 Å². The van der Waals surface area contributed by atoms with E-state index in [1.807, 2.05) is 18.2 Å². The molecule has 0 fully saturated rings. The van der Waals surface area contributed by atoms with Crippen LogP contribution in [0.2, 0.25) is 0 Å². The highest BCUT2D eigenvalue weighted by atomic mass is 16.5. The fourth-order valence-corrected chi connectivity index (χ4v) is 1.30. The molecule has 0 aliphatic rings. The van der Waals surface area contributed by atoms with Gasteiger partial charge in [0.2, 0.25) is 5.88 Å². The first-order chi connectivity index (χ1) is 7.83. The summed E-state index contributed by atoms with van der Waals surface area (Å²) >= 11 is 0. The van der Waals surface area contributed by atoms with Gasteiger partial charge < -0.3 is 4.74 Å². The molecule has 0 aliphatic heterocycles. The smallest absolute Gasteiger partial charge is 0.233 e. The summed E-state index contributed by atoms with van der Waals surface area (Å²) in [7, 11) is 1.55. The topological polar surface area (TPSA) is 58.8 Å². The fourth-order valence-electron chi connectivity index (χ4n) is 1.30. The van der Waals surface area contributed by atoms with Gasteiger partial charge in [0, 0.05) is 11.6 Å². The first kappa shape index (κ1) is 10.1. The van der Waals surface area contributed by atoms with E-state index in [-0.39, 0.29) is 0 Å². The van der Waals surface area contributed by atoms with E-state index in [1.165, 1.54) is 0 Å². The maximum Gasteiger partial charge on any atom is 0.233 e. The summed E-state index contributed by atoms with van der Waals surface area (Å²) in [5.41, 5.74) is 2.31. The molecule has 0 radical (unpaired) electrons. The molecule has 78 valence electrons. The van der Waals surface area contributed by atoms with Crippen molar-refractivity contribution in [2.45, 2.75) is 0 Å². The Morgan fingerprint density at radius 3 is 2.31 bits per heavy atom. The molecule has 1 heterocycles. The summed E-state index contributed by atoms with van der Waals surface area (Å²) in [5.74, 6) is 0.484. The Labute approximate surface area is 93.1 Å². The minimum atomic E-state index is 0.484. The monoisotopic (exact) mass is 211 g/mol. The number of nitriles is 1. The third-order valence-corrected chi connectivity index (χ3v) is 2.16. The van der Waals surface area contributed by atoms with Crippen molar-refractivity contribution in [1.29, 1.82) is 5.26 Å². The molecule has 1 aromatic heterocycles. The average Bonchev–Trinajstić information content (AvgIpc) is 2.39. The van der Waals surface area contributed by atoms with Crippen molar-refractivity contribution in [2.75, 3.05) is 7.11 Å². The Balaban J connectivity index is 2.32. The predicted octanol–water partition coefficient (Wildman–Crippen LogP) is 2.02. The summed E-state index contributed by atoms with van der Waals surface area (Å²) < 4.78 is 4.92. The molecule has 4 nitrogen and oxygen atoms in total. The van der Waals surface area contributed by atoms with Crippen LogP contribution in [0.3, 0.4) is 0 Å². The number of hydrogen-bond acceptors (Lipinski definition) is 4. The molecule has 0 saturated carbocycles. The van der Waals surface area contributed by atoms with Crippen molar-refractivity contribution < 1.29 is 4.74 Å². The Kier molecular flexibility index (Phi) is 2.79. The summed E-state index contributed by atoms with van der Waals surface area (Å²) in [6.07, 6.45) is 0. The van der Waals surface area contributed by atoms with Crippen LogP contribution >= 0.6 is 0 Å². The lowest BCUT2D eigenvalue weighted by molar-refractivity contribution is 0.392. The number of nitrogens with zero attached hydrogens (tertiary/aromatic N) is 3. The number of hydrogen-bond donors (Lipinski definition) is 0. The van der Waals surface area contributed by atoms with Crippen LogP contribution in [0.1, 0.15) is 5.56 Å². The second kappa shape index (κ2) is 4.41. The Hall–Kier alpha value is -2.41. The molecule has 0 bridgehead atoms. The van der Waals surface area contributed by atoms with E-state index in [0.717, 1.165) is 11.3 Å². The van der Waals surface area contributed by atoms with E-state index in [1.54, 1.807) is 25.3 Å². The lowest BCUT2D eigenvalue weighted by Crippen LogP contribution is -1.91. The zero-order valence-electron chi connectivity index (χ0n) is 8.71. The molecule has 2 aromatic rings. The van der Waals surface area contributed by atoms with Gasteiger partial charge in [0.05, 0.1) is 24.4 Å². The number of benzene rings is 1. The van der Waals surface area contributed by atoms with Crippen LogP contribution in [0.4, 0.5) is 0 Å². The van der Waals surface area contributed by atoms with Crippen LogP contribution in [0.5, 0.6) is 5.88 Å². The van der Waals surface area contributed by atoms with Crippen molar-refractivity contribution in [3.8, 4) is 23.2 Å². The molecule has 0 amide bonds. The zero-order chi connectivity index (χ0) is 11.4. The largest absolute Gasteiger partial charge is 0.480 e. The van der Waals surface area contributed by atoms with Gasteiger partial charge in [0.25, 0.3) is 0 Å². The Morgan fingerprint density at radius 1 is 1.06 bits per heavy atom. The number of rotatable bonds is 2. The highest BCUT2D eigenvalue weighted by Crippen LogP contribution is 2.17. The fraction of sp³-hybridized carbons (Fsp3) is 0.0833. The summed E-state index contributed by atoms with van der Waals surface area (Å²) in [4.78, 5) is 0. The van der Waals surface area contributed by atoms with Gasteiger partial charge in [-0.2, -0.15) is 5.26 Å². The first-order valence-electron chi connectivity index (χ1n) is 4.72. The van der Waals surface area contributed by atoms with Gasteiger partial charge in [0.1, 0.15) is 0 Å². The van der Waals surface area contributed by atoms with Crippen LogP contribution in [0, 0.1) is 11.3 Å². The normalized spacial score (nSPS) is 9.50. The van der Waals surface area contributed by atoms with Gasteiger partial charge in [-0.15, -0.1) is 10.2 Å². The van der Waals surface area contributed by atoms with E-state index < -0.39 is 0 Å². The van der Waals surface area contributed by atoms with Crippen molar-refractivity contribution in [3.05, 3.63) is 42.0 Å². The molecule has 0 aliphatic carbocycles. The third kappa shape index (κ3) is 1.98. The van der Waals surface area contributed by atoms with Crippen LogP contribution in [-0.2, 0) is 0 Å². The number of aromatic nitrogens is 2. The van der Waals surface area contributed by atoms with Crippen LogP contribution in [-0.4, -0.2) is 17.3 Å². The molecule has 0 spiro atoms. The molecule has 4 heteroatoms. The van der Waals surface area contributed by atoms with Crippen LogP contribution < -0.4 is 4.74 Å². The van der Waals surface area contributed by atoms with Gasteiger partial charge >= 0.3 is 0 Å². The first-order valence-corrected chi connectivity index (χ1v) is 4.72. The molecule has 16 heavy (non-hydrogen) atoms. The molecular weight excluding hydrogens is 202 g/mol. The standard InChI is InChI=1S/C12H9N3O/c1-16-12-7-6-11(14-15-12)10-4-2-9(8-13)3-5-10/h2-7H,1H3. The second-order valence-electron chi connectivity index (χ2n) is 3.15. The van der Waals surface area contributed by atoms with Crippen molar-refractivity contribution in [3.63, 3.8) is 0 Å². The zero-order valence-corrected chi connectivity index (χ0v) is 8.71. The van der Waals surface area contributed by atoms with Gasteiger partial charge in [0.15, 0.2) is 0 Å². The van der Waals surface area contributed by atoms with E-state index in [9.17, 15) is 0 Å². The predicted molar refractivity (Wildman–Crippen MR) is 58.7 cm³/mol. The maximum atomic E-state index is 8.67. The number of ether oxygens (including phenoxy) is 1. The summed E-state index contributed by atoms with van der Waals surface area (Å²) in [6, 6.07) is 12.8. The second-order valence-corrected chi connectivity index (χ2v) is 3.15. The molecule has 0 atom stereocenters. The third-order valence-electron chi connectivity index (χ3n) is 2.16. The molecule has 0 unspecified atom stereocenters. The van der Waals surface area contributed by atoms with Crippen molar-refractivity contribution in [2.24, 2.45) is 0 Å². The van der Waals surface area contributed by atoms with Gasteiger partial charge in [-0.1, -0.05) is 12.1 Å². The van der Waals surface area contributed by atoms with E-state index in [4.69, 9.17) is 10.00 Å². The van der Waals surface area contributed by atoms with Crippen LogP contribution in [0.25, 0.3) is 11.3 Å². The number of methoxy groups -OCH3 is 1. The Morgan fingerprint density at radius 2 is 1.81 bits per heavy atom. The van der Waals surface area contributed by atoms with Gasteiger partial charge in [-0.3, -0.25) is 0 Å². The highest BCUT2D eigenvalue weighted by molar-refractivity contribution is 5.59. The lowest BCUT2D eigenvalue weighted by atomic mass is 10.1. The van der Waals surface area contributed by atoms with Gasteiger partial charge in [-0.25, -0.2) is 0 Å². The molecule has 0 saturated heterocycles.